The van der Waals surface area contributed by atoms with E-state index in [0.717, 1.165) is 6.42 Å². The highest BCUT2D eigenvalue weighted by molar-refractivity contribution is 7.89. The van der Waals surface area contributed by atoms with Crippen LogP contribution in [0.3, 0.4) is 0 Å². The molecule has 29 heavy (non-hydrogen) atoms. The van der Waals surface area contributed by atoms with Gasteiger partial charge in [-0.05, 0) is 49.7 Å². The van der Waals surface area contributed by atoms with Crippen molar-refractivity contribution in [1.82, 2.24) is 4.72 Å². The van der Waals surface area contributed by atoms with Crippen molar-refractivity contribution in [3.63, 3.8) is 0 Å². The van der Waals surface area contributed by atoms with Crippen molar-refractivity contribution < 1.29 is 18.0 Å². The fourth-order valence-electron chi connectivity index (χ4n) is 2.95. The van der Waals surface area contributed by atoms with Crippen molar-refractivity contribution in [3.05, 3.63) is 52.5 Å². The predicted octanol–water partition coefficient (Wildman–Crippen LogP) is 3.43. The second kappa shape index (κ2) is 8.71. The Bertz CT molecular complexity index is 1060. The number of carbonyl (C=O) groups excluding carboxylic acids is 2. The fourth-order valence-corrected chi connectivity index (χ4v) is 4.73. The minimum absolute atomic E-state index is 0.00716. The molecule has 3 rings (SSSR count). The number of rotatable bonds is 6. The number of anilines is 2. The van der Waals surface area contributed by atoms with E-state index >= 15 is 0 Å². The zero-order chi connectivity index (χ0) is 21.2. The average molecular weight is 456 g/mol. The van der Waals surface area contributed by atoms with Crippen LogP contribution in [-0.2, 0) is 19.6 Å². The van der Waals surface area contributed by atoms with E-state index in [4.69, 9.17) is 23.2 Å². The number of nitrogens with one attached hydrogen (secondary N) is 2. The molecule has 0 saturated carbocycles. The molecule has 1 fully saturated rings. The number of carbonyl (C=O) groups is 2. The molecule has 1 aliphatic rings. The van der Waals surface area contributed by atoms with Crippen LogP contribution < -0.4 is 14.9 Å². The summed E-state index contributed by atoms with van der Waals surface area (Å²) in [5.74, 6) is -0.551. The first-order valence-electron chi connectivity index (χ1n) is 8.86. The number of halogens is 2. The van der Waals surface area contributed by atoms with E-state index in [9.17, 15) is 18.0 Å². The van der Waals surface area contributed by atoms with Gasteiger partial charge in [-0.25, -0.2) is 8.42 Å². The van der Waals surface area contributed by atoms with Gasteiger partial charge < -0.3 is 10.2 Å². The van der Waals surface area contributed by atoms with Crippen molar-refractivity contribution in [2.24, 2.45) is 0 Å². The van der Waals surface area contributed by atoms with Crippen LogP contribution in [0.2, 0.25) is 10.0 Å². The molecule has 2 aromatic carbocycles. The fraction of sp³-hybridized carbons (Fsp3) is 0.263. The Morgan fingerprint density at radius 3 is 2.55 bits per heavy atom. The van der Waals surface area contributed by atoms with E-state index in [1.54, 1.807) is 23.1 Å². The summed E-state index contributed by atoms with van der Waals surface area (Å²) in [6.45, 7) is 2.03. The maximum absolute atomic E-state index is 12.4. The van der Waals surface area contributed by atoms with Gasteiger partial charge in [-0.2, -0.15) is 4.72 Å². The predicted molar refractivity (Wildman–Crippen MR) is 113 cm³/mol. The normalized spacial score (nSPS) is 15.4. The summed E-state index contributed by atoms with van der Waals surface area (Å²) >= 11 is 12.1. The monoisotopic (exact) mass is 455 g/mol. The second-order valence-electron chi connectivity index (χ2n) is 6.60. The minimum Gasteiger partial charge on any atom is -0.325 e. The van der Waals surface area contributed by atoms with Crippen LogP contribution in [0.5, 0.6) is 0 Å². The molecule has 154 valence electrons. The van der Waals surface area contributed by atoms with E-state index in [1.165, 1.54) is 31.2 Å². The van der Waals surface area contributed by atoms with Gasteiger partial charge in [-0.1, -0.05) is 29.3 Å². The number of hydrogen-bond acceptors (Lipinski definition) is 4. The number of nitrogens with zero attached hydrogens (tertiary/aromatic N) is 1. The third kappa shape index (κ3) is 5.08. The van der Waals surface area contributed by atoms with Gasteiger partial charge in [0.1, 0.15) is 0 Å². The van der Waals surface area contributed by atoms with Crippen LogP contribution in [0.1, 0.15) is 19.8 Å². The average Bonchev–Trinajstić information content (AvgIpc) is 3.07. The van der Waals surface area contributed by atoms with Gasteiger partial charge in [-0.3, -0.25) is 9.59 Å². The highest BCUT2D eigenvalue weighted by Crippen LogP contribution is 2.31. The molecule has 2 N–H and O–H groups in total. The van der Waals surface area contributed by atoms with Crippen molar-refractivity contribution in [1.29, 1.82) is 0 Å². The Kier molecular flexibility index (Phi) is 6.48. The maximum Gasteiger partial charge on any atom is 0.242 e. The quantitative estimate of drug-likeness (QED) is 0.697. The lowest BCUT2D eigenvalue weighted by Crippen LogP contribution is -2.41. The van der Waals surface area contributed by atoms with Crippen molar-refractivity contribution in [2.45, 2.75) is 30.7 Å². The Labute approximate surface area is 179 Å². The Morgan fingerprint density at radius 2 is 1.93 bits per heavy atom. The summed E-state index contributed by atoms with van der Waals surface area (Å²) in [5.41, 5.74) is 0.978. The van der Waals surface area contributed by atoms with Crippen LogP contribution in [0.15, 0.2) is 47.4 Å². The maximum atomic E-state index is 12.4. The Balaban J connectivity index is 1.68. The number of amides is 2. The summed E-state index contributed by atoms with van der Waals surface area (Å²) in [6, 6.07) is 9.50. The van der Waals surface area contributed by atoms with Gasteiger partial charge in [0.25, 0.3) is 0 Å². The molecule has 0 aliphatic carbocycles. The SMILES string of the molecule is CC(NS(=O)(=O)c1cccc(Cl)c1)C(=O)Nc1ccc(N2CCCC2=O)c(Cl)c1. The van der Waals surface area contributed by atoms with E-state index in [1.807, 2.05) is 0 Å². The van der Waals surface area contributed by atoms with Crippen LogP contribution in [0.4, 0.5) is 11.4 Å². The molecular weight excluding hydrogens is 437 g/mol. The molecule has 2 amide bonds. The topological polar surface area (TPSA) is 95.6 Å². The highest BCUT2D eigenvalue weighted by Gasteiger charge is 2.25. The second-order valence-corrected chi connectivity index (χ2v) is 9.16. The molecule has 1 saturated heterocycles. The summed E-state index contributed by atoms with van der Waals surface area (Å²) in [4.78, 5) is 25.9. The molecular formula is C19H19Cl2N3O4S. The molecule has 0 aromatic heterocycles. The molecule has 1 aliphatic heterocycles. The van der Waals surface area contributed by atoms with Crippen LogP contribution in [0, 0.1) is 0 Å². The van der Waals surface area contributed by atoms with Crippen molar-refractivity contribution >= 4 is 56.4 Å². The van der Waals surface area contributed by atoms with Crippen LogP contribution >= 0.6 is 23.2 Å². The summed E-state index contributed by atoms with van der Waals surface area (Å²) in [7, 11) is -3.92. The highest BCUT2D eigenvalue weighted by atomic mass is 35.5. The third-order valence-electron chi connectivity index (χ3n) is 4.41. The number of benzene rings is 2. The molecule has 1 unspecified atom stereocenters. The first-order valence-corrected chi connectivity index (χ1v) is 11.1. The summed E-state index contributed by atoms with van der Waals surface area (Å²) < 4.78 is 27.2. The van der Waals surface area contributed by atoms with E-state index in [2.05, 4.69) is 10.0 Å². The molecule has 1 atom stereocenters. The van der Waals surface area contributed by atoms with Crippen LogP contribution in [-0.4, -0.2) is 32.8 Å². The van der Waals surface area contributed by atoms with Gasteiger partial charge in [0.05, 0.1) is 21.6 Å². The first-order chi connectivity index (χ1) is 13.7. The van der Waals surface area contributed by atoms with Gasteiger partial charge >= 0.3 is 0 Å². The van der Waals surface area contributed by atoms with E-state index in [-0.39, 0.29) is 15.8 Å². The molecule has 2 aromatic rings. The molecule has 0 spiro atoms. The minimum atomic E-state index is -3.92. The lowest BCUT2D eigenvalue weighted by molar-refractivity contribution is -0.118. The van der Waals surface area contributed by atoms with Gasteiger partial charge in [0, 0.05) is 23.7 Å². The lowest BCUT2D eigenvalue weighted by atomic mass is 10.2. The molecule has 0 radical (unpaired) electrons. The largest absolute Gasteiger partial charge is 0.325 e. The zero-order valence-corrected chi connectivity index (χ0v) is 17.8. The van der Waals surface area contributed by atoms with E-state index in [0.29, 0.717) is 29.4 Å². The standard InChI is InChI=1S/C19H19Cl2N3O4S/c1-12(23-29(27,28)15-5-2-4-13(20)10-15)19(26)22-14-7-8-17(16(21)11-14)24-9-3-6-18(24)25/h2,4-5,7-8,10-12,23H,3,6,9H2,1H3,(H,22,26). The molecule has 0 bridgehead atoms. The van der Waals surface area contributed by atoms with Gasteiger partial charge in [-0.15, -0.1) is 0 Å². The van der Waals surface area contributed by atoms with Gasteiger partial charge in [0.15, 0.2) is 0 Å². The number of sulfonamides is 1. The lowest BCUT2D eigenvalue weighted by Gasteiger charge is -2.19. The first kappa shape index (κ1) is 21.6. The molecule has 10 heteroatoms. The molecule has 7 nitrogen and oxygen atoms in total. The third-order valence-corrected chi connectivity index (χ3v) is 6.49. The van der Waals surface area contributed by atoms with E-state index < -0.39 is 22.0 Å². The van der Waals surface area contributed by atoms with Gasteiger partial charge in [0.2, 0.25) is 21.8 Å². The summed E-state index contributed by atoms with van der Waals surface area (Å²) in [5, 5.41) is 3.22. The zero-order valence-electron chi connectivity index (χ0n) is 15.5. The summed E-state index contributed by atoms with van der Waals surface area (Å²) in [6.07, 6.45) is 1.26. The molecule has 1 heterocycles. The number of hydrogen-bond donors (Lipinski definition) is 2. The Morgan fingerprint density at radius 1 is 1.17 bits per heavy atom. The Hall–Kier alpha value is -2.13. The van der Waals surface area contributed by atoms with Crippen molar-refractivity contribution in [2.75, 3.05) is 16.8 Å². The van der Waals surface area contributed by atoms with Crippen molar-refractivity contribution in [3.8, 4) is 0 Å². The van der Waals surface area contributed by atoms with Crippen LogP contribution in [0.25, 0.3) is 0 Å². The smallest absolute Gasteiger partial charge is 0.242 e.